The third-order valence-electron chi connectivity index (χ3n) is 6.60. The van der Waals surface area contributed by atoms with Gasteiger partial charge >= 0.3 is 0 Å². The van der Waals surface area contributed by atoms with Gasteiger partial charge in [-0.05, 0) is 72.3 Å². The van der Waals surface area contributed by atoms with Crippen LogP contribution < -0.4 is 34.0 Å². The van der Waals surface area contributed by atoms with Crippen LogP contribution in [0.25, 0.3) is 0 Å². The Bertz CT molecular complexity index is 1900. The van der Waals surface area contributed by atoms with Crippen LogP contribution in [0.15, 0.2) is 101 Å². The van der Waals surface area contributed by atoms with E-state index in [1.54, 1.807) is 55.6 Å². The van der Waals surface area contributed by atoms with E-state index in [2.05, 4.69) is 15.8 Å². The van der Waals surface area contributed by atoms with Gasteiger partial charge in [0.15, 0.2) is 11.5 Å². The van der Waals surface area contributed by atoms with Crippen LogP contribution in [0.4, 0.5) is 17.1 Å². The topological polar surface area (TPSA) is 188 Å². The number of nitro benzene ring substituents is 1. The third kappa shape index (κ3) is 8.76. The van der Waals surface area contributed by atoms with Gasteiger partial charge < -0.3 is 24.3 Å². The summed E-state index contributed by atoms with van der Waals surface area (Å²) >= 11 is 0. The molecule has 0 radical (unpaired) electrons. The molecule has 0 heterocycles. The molecule has 0 saturated carbocycles. The highest BCUT2D eigenvalue weighted by molar-refractivity contribution is 7.93. The summed E-state index contributed by atoms with van der Waals surface area (Å²) in [7, 11) is -0.427. The molecule has 0 aliphatic rings. The van der Waals surface area contributed by atoms with Gasteiger partial charge in [0.05, 0.1) is 38.2 Å². The Morgan fingerprint density at radius 1 is 0.854 bits per heavy atom. The predicted molar refractivity (Wildman–Crippen MR) is 176 cm³/mol. The Hall–Kier alpha value is -6.16. The number of para-hydroxylation sites is 1. The predicted octanol–water partition coefficient (Wildman–Crippen LogP) is 3.98. The Balaban J connectivity index is 1.43. The van der Waals surface area contributed by atoms with Crippen molar-refractivity contribution in [1.29, 1.82) is 0 Å². The molecule has 16 heteroatoms. The minimum Gasteiger partial charge on any atom is -0.497 e. The molecule has 2 N–H and O–H groups in total. The van der Waals surface area contributed by atoms with Crippen molar-refractivity contribution in [3.63, 3.8) is 0 Å². The number of benzene rings is 4. The molecule has 4 aromatic rings. The standard InChI is InChI=1S/C32H31N5O10S/c1-44-24-14-10-23(11-15-24)34-32(39)21-47-25-12-8-22(9-13-25)19-33-35-31(38)20-36(27-17-16-26(45-2)18-29(27)46-3)48(42,43)30-7-5-4-6-28(30)37(40)41/h4-19H,20-21H2,1-3H3,(H,34,39)(H,35,38)/b33-19-. The second-order valence-electron chi connectivity index (χ2n) is 9.70. The van der Waals surface area contributed by atoms with E-state index < -0.39 is 38.0 Å². The van der Waals surface area contributed by atoms with Crippen molar-refractivity contribution < 1.29 is 41.9 Å². The van der Waals surface area contributed by atoms with Crippen LogP contribution in [0.1, 0.15) is 5.56 Å². The maximum absolute atomic E-state index is 13.8. The van der Waals surface area contributed by atoms with E-state index in [-0.39, 0.29) is 24.0 Å². The molecule has 4 aromatic carbocycles. The number of hydrogen-bond donors (Lipinski definition) is 2. The zero-order valence-electron chi connectivity index (χ0n) is 26.0. The first-order valence-electron chi connectivity index (χ1n) is 14.0. The summed E-state index contributed by atoms with van der Waals surface area (Å²) < 4.78 is 49.5. The number of nitrogens with one attached hydrogen (secondary N) is 2. The number of carbonyl (C=O) groups is 2. The number of nitro groups is 1. The number of sulfonamides is 1. The zero-order valence-corrected chi connectivity index (χ0v) is 26.8. The molecule has 0 aromatic heterocycles. The number of hydrazone groups is 1. The molecule has 0 aliphatic heterocycles. The molecule has 48 heavy (non-hydrogen) atoms. The Morgan fingerprint density at radius 3 is 2.15 bits per heavy atom. The van der Waals surface area contributed by atoms with Gasteiger partial charge in [0.25, 0.3) is 27.5 Å². The maximum Gasteiger partial charge on any atom is 0.289 e. The average molecular weight is 678 g/mol. The molecule has 15 nitrogen and oxygen atoms in total. The van der Waals surface area contributed by atoms with Gasteiger partial charge in [-0.3, -0.25) is 24.0 Å². The minimum absolute atomic E-state index is 0.0355. The van der Waals surface area contributed by atoms with Crippen LogP contribution in [0.5, 0.6) is 23.0 Å². The third-order valence-corrected chi connectivity index (χ3v) is 8.41. The van der Waals surface area contributed by atoms with Gasteiger partial charge in [0, 0.05) is 17.8 Å². The first-order valence-corrected chi connectivity index (χ1v) is 15.5. The van der Waals surface area contributed by atoms with Crippen LogP contribution in [0.2, 0.25) is 0 Å². The molecule has 0 unspecified atom stereocenters. The summed E-state index contributed by atoms with van der Waals surface area (Å²) in [5.41, 5.74) is 2.67. The molecule has 0 atom stereocenters. The van der Waals surface area contributed by atoms with E-state index >= 15 is 0 Å². The van der Waals surface area contributed by atoms with E-state index in [1.807, 2.05) is 0 Å². The summed E-state index contributed by atoms with van der Waals surface area (Å²) in [5.74, 6) is 0.236. The number of methoxy groups -OCH3 is 3. The van der Waals surface area contributed by atoms with Crippen molar-refractivity contribution in [3.8, 4) is 23.0 Å². The molecule has 0 aliphatic carbocycles. The number of rotatable bonds is 15. The monoisotopic (exact) mass is 677 g/mol. The molecule has 0 spiro atoms. The molecule has 0 bridgehead atoms. The van der Waals surface area contributed by atoms with Gasteiger partial charge in [-0.25, -0.2) is 13.8 Å². The molecule has 0 saturated heterocycles. The SMILES string of the molecule is COc1ccc(NC(=O)COc2ccc(/C=N\NC(=O)CN(c3ccc(OC)cc3OC)S(=O)(=O)c3ccccc3[N+](=O)[O-])cc2)cc1. The second kappa shape index (κ2) is 15.9. The summed E-state index contributed by atoms with van der Waals surface area (Å²) in [6.07, 6.45) is 1.31. The van der Waals surface area contributed by atoms with Crippen LogP contribution in [-0.4, -0.2) is 65.9 Å². The number of anilines is 2. The Morgan fingerprint density at radius 2 is 1.50 bits per heavy atom. The fraction of sp³-hybridized carbons (Fsp3) is 0.156. The highest BCUT2D eigenvalue weighted by Gasteiger charge is 2.34. The Kier molecular flexibility index (Phi) is 11.5. The second-order valence-corrected chi connectivity index (χ2v) is 11.5. The van der Waals surface area contributed by atoms with E-state index in [9.17, 15) is 28.1 Å². The first kappa shape index (κ1) is 34.7. The summed E-state index contributed by atoms with van der Waals surface area (Å²) in [4.78, 5) is 35.4. The molecule has 4 rings (SSSR count). The number of hydrogen-bond acceptors (Lipinski definition) is 11. The number of amides is 2. The first-order chi connectivity index (χ1) is 23.0. The highest BCUT2D eigenvalue weighted by Crippen LogP contribution is 2.37. The van der Waals surface area contributed by atoms with Crippen molar-refractivity contribution in [2.75, 3.05) is 44.1 Å². The Labute approximate surface area is 275 Å². The van der Waals surface area contributed by atoms with E-state index in [0.717, 1.165) is 12.1 Å². The zero-order chi connectivity index (χ0) is 34.7. The van der Waals surface area contributed by atoms with Crippen molar-refractivity contribution in [3.05, 3.63) is 107 Å². The number of ether oxygens (including phenoxy) is 4. The van der Waals surface area contributed by atoms with Crippen molar-refractivity contribution in [1.82, 2.24) is 5.43 Å². The lowest BCUT2D eigenvalue weighted by Crippen LogP contribution is -2.40. The van der Waals surface area contributed by atoms with Gasteiger partial charge in [0.1, 0.15) is 29.5 Å². The molecular formula is C32H31N5O10S. The minimum atomic E-state index is -4.68. The van der Waals surface area contributed by atoms with Gasteiger partial charge in [0.2, 0.25) is 0 Å². The highest BCUT2D eigenvalue weighted by atomic mass is 32.2. The van der Waals surface area contributed by atoms with Crippen LogP contribution in [0.3, 0.4) is 0 Å². The molecule has 0 fully saturated rings. The van der Waals surface area contributed by atoms with E-state index in [0.29, 0.717) is 32.8 Å². The quantitative estimate of drug-likeness (QED) is 0.106. The lowest BCUT2D eigenvalue weighted by atomic mass is 10.2. The lowest BCUT2D eigenvalue weighted by Gasteiger charge is -2.25. The molecular weight excluding hydrogens is 646 g/mol. The van der Waals surface area contributed by atoms with Crippen LogP contribution in [0, 0.1) is 10.1 Å². The maximum atomic E-state index is 13.8. The van der Waals surface area contributed by atoms with E-state index in [4.69, 9.17) is 18.9 Å². The molecule has 2 amide bonds. The fourth-order valence-corrected chi connectivity index (χ4v) is 5.84. The number of carbonyl (C=O) groups excluding carboxylic acids is 2. The lowest BCUT2D eigenvalue weighted by molar-refractivity contribution is -0.387. The summed E-state index contributed by atoms with van der Waals surface area (Å²) in [5, 5.41) is 18.3. The van der Waals surface area contributed by atoms with Crippen molar-refractivity contribution in [2.45, 2.75) is 4.90 Å². The smallest absolute Gasteiger partial charge is 0.289 e. The number of nitrogens with zero attached hydrogens (tertiary/aromatic N) is 3. The average Bonchev–Trinajstić information content (AvgIpc) is 3.10. The van der Waals surface area contributed by atoms with Crippen molar-refractivity contribution in [2.24, 2.45) is 5.10 Å². The van der Waals surface area contributed by atoms with Crippen LogP contribution >= 0.6 is 0 Å². The van der Waals surface area contributed by atoms with Crippen molar-refractivity contribution >= 4 is 45.1 Å². The normalized spacial score (nSPS) is 11.0. The largest absolute Gasteiger partial charge is 0.497 e. The van der Waals surface area contributed by atoms with Crippen LogP contribution in [-0.2, 0) is 19.6 Å². The fourth-order valence-electron chi connectivity index (χ4n) is 4.25. The summed E-state index contributed by atoms with van der Waals surface area (Å²) in [6.45, 7) is -1.04. The van der Waals surface area contributed by atoms with E-state index in [1.165, 1.54) is 50.8 Å². The van der Waals surface area contributed by atoms with Gasteiger partial charge in [-0.1, -0.05) is 12.1 Å². The van der Waals surface area contributed by atoms with Gasteiger partial charge in [-0.15, -0.1) is 0 Å². The van der Waals surface area contributed by atoms with Gasteiger partial charge in [-0.2, -0.15) is 5.10 Å². The molecule has 250 valence electrons. The summed E-state index contributed by atoms with van der Waals surface area (Å²) in [6, 6.07) is 22.3.